The molecule has 3 rings (SSSR count). The summed E-state index contributed by atoms with van der Waals surface area (Å²) in [6.45, 7) is 5.82. The van der Waals surface area contributed by atoms with Crippen molar-refractivity contribution in [2.45, 2.75) is 38.5 Å². The molecule has 2 aromatic rings. The molecular weight excluding hydrogens is 298 g/mol. The van der Waals surface area contributed by atoms with E-state index in [4.69, 9.17) is 18.7 Å². The van der Waals surface area contributed by atoms with Crippen LogP contribution in [-0.4, -0.2) is 24.7 Å². The number of nitrogens with zero attached hydrogens (tertiary/aromatic N) is 1. The molecule has 0 spiro atoms. The Kier molecular flexibility index (Phi) is 3.52. The number of benzene rings is 1. The average molecular weight is 319 g/mol. The van der Waals surface area contributed by atoms with Crippen molar-refractivity contribution in [2.24, 2.45) is 0 Å². The van der Waals surface area contributed by atoms with Gasteiger partial charge in [0.25, 0.3) is 0 Å². The maximum Gasteiger partial charge on any atom is 0.369 e. The Bertz CT molecular complexity index is 771. The summed E-state index contributed by atoms with van der Waals surface area (Å²) in [5.74, 6) is 0.288. The van der Waals surface area contributed by atoms with Crippen LogP contribution in [0.15, 0.2) is 33.6 Å². The minimum atomic E-state index is -0.818. The number of hydrogen-bond donors (Lipinski definition) is 0. The third-order valence-electron chi connectivity index (χ3n) is 4.20. The first-order valence-electron chi connectivity index (χ1n) is 7.45. The van der Waals surface area contributed by atoms with Crippen LogP contribution in [-0.2, 0) is 10.3 Å². The number of aromatic nitrogens is 1. The predicted molar refractivity (Wildman–Crippen MR) is 84.9 cm³/mol. The summed E-state index contributed by atoms with van der Waals surface area (Å²) >= 11 is 0. The van der Waals surface area contributed by atoms with Crippen LogP contribution in [0, 0.1) is 0 Å². The molecule has 1 aliphatic rings. The summed E-state index contributed by atoms with van der Waals surface area (Å²) in [5, 5.41) is 0. The molecule has 0 amide bonds. The summed E-state index contributed by atoms with van der Waals surface area (Å²) in [4.78, 5) is 12.4. The minimum absolute atomic E-state index is 0.390. The number of fused-ring (bicyclic) bond motifs is 1. The zero-order valence-corrected chi connectivity index (χ0v) is 14.0. The van der Waals surface area contributed by atoms with E-state index in [9.17, 15) is 4.79 Å². The van der Waals surface area contributed by atoms with Gasteiger partial charge in [0.2, 0.25) is 11.7 Å². The van der Waals surface area contributed by atoms with Gasteiger partial charge in [-0.2, -0.15) is 4.74 Å². The summed E-state index contributed by atoms with van der Waals surface area (Å²) in [6.07, 6.45) is 0.559. The van der Waals surface area contributed by atoms with E-state index in [0.717, 1.165) is 0 Å². The van der Waals surface area contributed by atoms with Gasteiger partial charge in [-0.1, -0.05) is 12.1 Å². The van der Waals surface area contributed by atoms with Gasteiger partial charge in [-0.05, 0) is 31.5 Å². The van der Waals surface area contributed by atoms with E-state index >= 15 is 0 Å². The quantitative estimate of drug-likeness (QED) is 0.870. The maximum atomic E-state index is 12.4. The molecule has 0 fully saturated rings. The largest absolute Gasteiger partial charge is 0.497 e. The Labute approximate surface area is 134 Å². The van der Waals surface area contributed by atoms with E-state index in [2.05, 4.69) is 0 Å². The topological polar surface area (TPSA) is 62.8 Å². The predicted octanol–water partition coefficient (Wildman–Crippen LogP) is 3.00. The molecule has 1 aromatic carbocycles. The molecule has 23 heavy (non-hydrogen) atoms. The van der Waals surface area contributed by atoms with Crippen molar-refractivity contribution in [3.05, 3.63) is 34.7 Å². The molecule has 2 heterocycles. The van der Waals surface area contributed by atoms with Crippen LogP contribution in [0.3, 0.4) is 0 Å². The fourth-order valence-corrected chi connectivity index (χ4v) is 3.06. The lowest BCUT2D eigenvalue weighted by atomic mass is 9.93. The lowest BCUT2D eigenvalue weighted by Gasteiger charge is -2.41. The Hall–Kier alpha value is -2.21. The molecule has 0 N–H and O–H groups in total. The Morgan fingerprint density at radius 3 is 2.35 bits per heavy atom. The second-order valence-electron chi connectivity index (χ2n) is 6.51. The lowest BCUT2D eigenvalue weighted by molar-refractivity contribution is -0.199. The smallest absolute Gasteiger partial charge is 0.369 e. The number of methoxy groups -OCH3 is 2. The molecule has 1 atom stereocenters. The normalized spacial score (nSPS) is 22.3. The highest BCUT2D eigenvalue weighted by Gasteiger charge is 2.45. The molecule has 0 radical (unpaired) electrons. The Morgan fingerprint density at radius 1 is 1.13 bits per heavy atom. The van der Waals surface area contributed by atoms with E-state index in [-0.39, 0.29) is 0 Å². The van der Waals surface area contributed by atoms with Crippen LogP contribution in [0.2, 0.25) is 0 Å². The fourth-order valence-electron chi connectivity index (χ4n) is 3.06. The SMILES string of the molecule is COc1ccc(-c2c3n(oc2=O)C(C)(C)CC(C)(OC)O3)cc1. The second-order valence-corrected chi connectivity index (χ2v) is 6.51. The molecule has 124 valence electrons. The van der Waals surface area contributed by atoms with Crippen LogP contribution in [0.25, 0.3) is 11.1 Å². The second kappa shape index (κ2) is 5.16. The van der Waals surface area contributed by atoms with Crippen molar-refractivity contribution in [3.63, 3.8) is 0 Å². The molecule has 0 saturated heterocycles. The number of ether oxygens (including phenoxy) is 3. The first-order valence-corrected chi connectivity index (χ1v) is 7.45. The van der Waals surface area contributed by atoms with Gasteiger partial charge in [0.05, 0.1) is 12.6 Å². The lowest BCUT2D eigenvalue weighted by Crippen LogP contribution is -2.48. The Balaban J connectivity index is 2.17. The third kappa shape index (κ3) is 2.53. The van der Waals surface area contributed by atoms with E-state index in [1.807, 2.05) is 20.8 Å². The monoisotopic (exact) mass is 319 g/mol. The van der Waals surface area contributed by atoms with Crippen LogP contribution < -0.4 is 15.1 Å². The summed E-state index contributed by atoms with van der Waals surface area (Å²) in [5.41, 5.74) is 0.231. The first kappa shape index (κ1) is 15.7. The van der Waals surface area contributed by atoms with Gasteiger partial charge in [-0.3, -0.25) is 0 Å². The fraction of sp³-hybridized carbons (Fsp3) is 0.471. The highest BCUT2D eigenvalue weighted by Crippen LogP contribution is 2.43. The summed E-state index contributed by atoms with van der Waals surface area (Å²) in [7, 11) is 3.19. The molecule has 6 heteroatoms. The van der Waals surface area contributed by atoms with Crippen molar-refractivity contribution in [1.29, 1.82) is 0 Å². The third-order valence-corrected chi connectivity index (χ3v) is 4.20. The van der Waals surface area contributed by atoms with Gasteiger partial charge in [0.15, 0.2) is 0 Å². The highest BCUT2D eigenvalue weighted by molar-refractivity contribution is 5.68. The van der Waals surface area contributed by atoms with E-state index < -0.39 is 17.0 Å². The van der Waals surface area contributed by atoms with Gasteiger partial charge in [0.1, 0.15) is 11.3 Å². The molecule has 0 saturated carbocycles. The van der Waals surface area contributed by atoms with Crippen molar-refractivity contribution < 1.29 is 18.7 Å². The number of rotatable bonds is 3. The van der Waals surface area contributed by atoms with Crippen LogP contribution >= 0.6 is 0 Å². The van der Waals surface area contributed by atoms with Crippen molar-refractivity contribution in [2.75, 3.05) is 14.2 Å². The molecular formula is C17H21NO5. The van der Waals surface area contributed by atoms with Gasteiger partial charge in [-0.25, -0.2) is 4.79 Å². The summed E-state index contributed by atoms with van der Waals surface area (Å²) < 4.78 is 23.6. The molecule has 0 bridgehead atoms. The van der Waals surface area contributed by atoms with Crippen LogP contribution in [0.4, 0.5) is 0 Å². The van der Waals surface area contributed by atoms with Crippen molar-refractivity contribution in [1.82, 2.24) is 4.74 Å². The summed E-state index contributed by atoms with van der Waals surface area (Å²) in [6, 6.07) is 7.20. The van der Waals surface area contributed by atoms with E-state index in [1.165, 1.54) is 4.74 Å². The van der Waals surface area contributed by atoms with E-state index in [0.29, 0.717) is 29.2 Å². The average Bonchev–Trinajstić information content (AvgIpc) is 2.84. The Morgan fingerprint density at radius 2 is 1.78 bits per heavy atom. The van der Waals surface area contributed by atoms with Gasteiger partial charge >= 0.3 is 5.63 Å². The molecule has 1 aromatic heterocycles. The zero-order chi connectivity index (χ0) is 16.8. The zero-order valence-electron chi connectivity index (χ0n) is 14.0. The molecule has 1 aliphatic heterocycles. The molecule has 0 aliphatic carbocycles. The van der Waals surface area contributed by atoms with Gasteiger partial charge in [0, 0.05) is 20.5 Å². The molecule has 1 unspecified atom stereocenters. The van der Waals surface area contributed by atoms with Crippen LogP contribution in [0.5, 0.6) is 11.6 Å². The van der Waals surface area contributed by atoms with Crippen LogP contribution in [0.1, 0.15) is 27.2 Å². The van der Waals surface area contributed by atoms with Crippen molar-refractivity contribution >= 4 is 0 Å². The first-order chi connectivity index (χ1) is 10.8. The van der Waals surface area contributed by atoms with Crippen molar-refractivity contribution in [3.8, 4) is 22.8 Å². The number of hydrogen-bond acceptors (Lipinski definition) is 5. The van der Waals surface area contributed by atoms with Gasteiger partial charge in [-0.15, -0.1) is 0 Å². The minimum Gasteiger partial charge on any atom is -0.497 e. The standard InChI is InChI=1S/C17H21NO5/c1-16(2)10-17(3,21-5)22-14-13(15(19)23-18(14)16)11-6-8-12(20-4)9-7-11/h6-9H,10H2,1-5H3. The maximum absolute atomic E-state index is 12.4. The molecule has 6 nitrogen and oxygen atoms in total. The van der Waals surface area contributed by atoms with E-state index in [1.54, 1.807) is 38.5 Å². The van der Waals surface area contributed by atoms with Gasteiger partial charge < -0.3 is 18.7 Å². The highest BCUT2D eigenvalue weighted by atomic mass is 16.7.